The van der Waals surface area contributed by atoms with E-state index in [0.29, 0.717) is 12.4 Å². The van der Waals surface area contributed by atoms with Gasteiger partial charge in [-0.3, -0.25) is 4.68 Å². The van der Waals surface area contributed by atoms with Gasteiger partial charge in [-0.2, -0.15) is 5.10 Å². The van der Waals surface area contributed by atoms with Gasteiger partial charge in [-0.05, 0) is 31.0 Å². The topological polar surface area (TPSA) is 53.1 Å². The fourth-order valence-corrected chi connectivity index (χ4v) is 1.88. The molecule has 0 aliphatic rings. The first-order valence-corrected chi connectivity index (χ1v) is 6.11. The molecule has 0 aliphatic carbocycles. The van der Waals surface area contributed by atoms with Crippen LogP contribution in [0.1, 0.15) is 23.7 Å². The SMILES string of the molecule is CCc1ccc(OCc2c(C)nn(C)c2N)cc1. The zero-order valence-electron chi connectivity index (χ0n) is 11.1. The molecule has 0 saturated carbocycles. The molecule has 0 bridgehead atoms. The van der Waals surface area contributed by atoms with E-state index in [1.165, 1.54) is 5.56 Å². The van der Waals surface area contributed by atoms with Gasteiger partial charge in [0.2, 0.25) is 0 Å². The number of aromatic nitrogens is 2. The molecule has 18 heavy (non-hydrogen) atoms. The van der Waals surface area contributed by atoms with Gasteiger partial charge in [-0.25, -0.2) is 0 Å². The first-order valence-electron chi connectivity index (χ1n) is 6.11. The van der Waals surface area contributed by atoms with Gasteiger partial charge >= 0.3 is 0 Å². The monoisotopic (exact) mass is 245 g/mol. The molecule has 1 aromatic heterocycles. The van der Waals surface area contributed by atoms with Crippen molar-refractivity contribution in [2.45, 2.75) is 26.9 Å². The summed E-state index contributed by atoms with van der Waals surface area (Å²) in [6.45, 7) is 4.53. The minimum absolute atomic E-state index is 0.455. The zero-order chi connectivity index (χ0) is 13.1. The van der Waals surface area contributed by atoms with Crippen LogP contribution in [0.5, 0.6) is 5.75 Å². The second kappa shape index (κ2) is 5.12. The maximum Gasteiger partial charge on any atom is 0.128 e. The normalized spacial score (nSPS) is 10.6. The maximum atomic E-state index is 5.93. The minimum atomic E-state index is 0.455. The molecular weight excluding hydrogens is 226 g/mol. The van der Waals surface area contributed by atoms with E-state index in [9.17, 15) is 0 Å². The third kappa shape index (κ3) is 2.47. The van der Waals surface area contributed by atoms with Crippen molar-refractivity contribution in [1.82, 2.24) is 9.78 Å². The van der Waals surface area contributed by atoms with Gasteiger partial charge in [0.25, 0.3) is 0 Å². The van der Waals surface area contributed by atoms with E-state index >= 15 is 0 Å². The molecule has 0 aliphatic heterocycles. The highest BCUT2D eigenvalue weighted by Gasteiger charge is 2.10. The molecule has 0 radical (unpaired) electrons. The predicted molar refractivity (Wildman–Crippen MR) is 72.5 cm³/mol. The first kappa shape index (κ1) is 12.5. The Balaban J connectivity index is 2.06. The second-order valence-electron chi connectivity index (χ2n) is 4.36. The summed E-state index contributed by atoms with van der Waals surface area (Å²) in [7, 11) is 1.84. The molecular formula is C14H19N3O. The van der Waals surface area contributed by atoms with Crippen LogP contribution in [0.25, 0.3) is 0 Å². The van der Waals surface area contributed by atoms with Crippen molar-refractivity contribution in [1.29, 1.82) is 0 Å². The van der Waals surface area contributed by atoms with E-state index in [2.05, 4.69) is 24.2 Å². The molecule has 0 atom stereocenters. The molecule has 0 amide bonds. The standard InChI is InChI=1S/C14H19N3O/c1-4-11-5-7-12(8-6-11)18-9-13-10(2)16-17(3)14(13)15/h5-8H,4,9,15H2,1-3H3. The van der Waals surface area contributed by atoms with Gasteiger partial charge < -0.3 is 10.5 Å². The molecule has 2 aromatic rings. The van der Waals surface area contributed by atoms with Crippen molar-refractivity contribution < 1.29 is 4.74 Å². The Labute approximate surface area is 107 Å². The van der Waals surface area contributed by atoms with Crippen LogP contribution in [0.2, 0.25) is 0 Å². The Morgan fingerprint density at radius 2 is 1.94 bits per heavy atom. The Kier molecular flexibility index (Phi) is 3.55. The molecule has 0 unspecified atom stereocenters. The Morgan fingerprint density at radius 1 is 1.28 bits per heavy atom. The van der Waals surface area contributed by atoms with Crippen LogP contribution in [0.4, 0.5) is 5.82 Å². The molecule has 0 fully saturated rings. The van der Waals surface area contributed by atoms with E-state index in [-0.39, 0.29) is 0 Å². The average Bonchev–Trinajstić information content (AvgIpc) is 2.62. The molecule has 1 aromatic carbocycles. The lowest BCUT2D eigenvalue weighted by molar-refractivity contribution is 0.306. The van der Waals surface area contributed by atoms with Crippen LogP contribution in [-0.4, -0.2) is 9.78 Å². The highest BCUT2D eigenvalue weighted by Crippen LogP contribution is 2.19. The van der Waals surface area contributed by atoms with E-state index in [4.69, 9.17) is 10.5 Å². The van der Waals surface area contributed by atoms with E-state index in [1.807, 2.05) is 26.1 Å². The van der Waals surface area contributed by atoms with E-state index < -0.39 is 0 Å². The number of nitrogens with zero attached hydrogens (tertiary/aromatic N) is 2. The van der Waals surface area contributed by atoms with Crippen LogP contribution >= 0.6 is 0 Å². The van der Waals surface area contributed by atoms with Gasteiger partial charge in [0, 0.05) is 7.05 Å². The Bertz CT molecular complexity index is 529. The van der Waals surface area contributed by atoms with Crippen molar-refractivity contribution >= 4 is 5.82 Å². The molecule has 1 heterocycles. The maximum absolute atomic E-state index is 5.93. The average molecular weight is 245 g/mol. The van der Waals surface area contributed by atoms with Crippen molar-refractivity contribution in [3.05, 3.63) is 41.1 Å². The smallest absolute Gasteiger partial charge is 0.128 e. The number of aryl methyl sites for hydroxylation is 3. The number of ether oxygens (including phenoxy) is 1. The van der Waals surface area contributed by atoms with Gasteiger partial charge in [-0.15, -0.1) is 0 Å². The third-order valence-corrected chi connectivity index (χ3v) is 3.11. The van der Waals surface area contributed by atoms with E-state index in [1.54, 1.807) is 4.68 Å². The van der Waals surface area contributed by atoms with Crippen molar-refractivity contribution in [2.24, 2.45) is 7.05 Å². The Morgan fingerprint density at radius 3 is 2.44 bits per heavy atom. The van der Waals surface area contributed by atoms with Crippen LogP contribution < -0.4 is 10.5 Å². The van der Waals surface area contributed by atoms with Gasteiger partial charge in [-0.1, -0.05) is 19.1 Å². The van der Waals surface area contributed by atoms with Gasteiger partial charge in [0.1, 0.15) is 18.2 Å². The quantitative estimate of drug-likeness (QED) is 0.900. The lowest BCUT2D eigenvalue weighted by Crippen LogP contribution is -2.02. The summed E-state index contributed by atoms with van der Waals surface area (Å²) in [4.78, 5) is 0. The lowest BCUT2D eigenvalue weighted by atomic mass is 10.2. The summed E-state index contributed by atoms with van der Waals surface area (Å²) >= 11 is 0. The number of benzene rings is 1. The van der Waals surface area contributed by atoms with Crippen LogP contribution in [0, 0.1) is 6.92 Å². The van der Waals surface area contributed by atoms with E-state index in [0.717, 1.165) is 23.4 Å². The van der Waals surface area contributed by atoms with Crippen molar-refractivity contribution in [2.75, 3.05) is 5.73 Å². The summed E-state index contributed by atoms with van der Waals surface area (Å²) < 4.78 is 7.41. The van der Waals surface area contributed by atoms with Crippen molar-refractivity contribution in [3.63, 3.8) is 0 Å². The number of hydrogen-bond acceptors (Lipinski definition) is 3. The summed E-state index contributed by atoms with van der Waals surface area (Å²) in [6.07, 6.45) is 1.04. The molecule has 0 saturated heterocycles. The highest BCUT2D eigenvalue weighted by molar-refractivity contribution is 5.42. The minimum Gasteiger partial charge on any atom is -0.489 e. The number of anilines is 1. The van der Waals surface area contributed by atoms with Crippen LogP contribution in [0.15, 0.2) is 24.3 Å². The summed E-state index contributed by atoms with van der Waals surface area (Å²) in [5.41, 5.74) is 9.11. The first-order chi connectivity index (χ1) is 8.61. The fourth-order valence-electron chi connectivity index (χ4n) is 1.88. The summed E-state index contributed by atoms with van der Waals surface area (Å²) in [5.74, 6) is 1.52. The third-order valence-electron chi connectivity index (χ3n) is 3.11. The number of nitrogens with two attached hydrogens (primary N) is 1. The zero-order valence-corrected chi connectivity index (χ0v) is 11.1. The Hall–Kier alpha value is -1.97. The van der Waals surface area contributed by atoms with Gasteiger partial charge in [0.05, 0.1) is 11.3 Å². The highest BCUT2D eigenvalue weighted by atomic mass is 16.5. The lowest BCUT2D eigenvalue weighted by Gasteiger charge is -2.07. The summed E-state index contributed by atoms with van der Waals surface area (Å²) in [5, 5.41) is 4.26. The molecule has 2 rings (SSSR count). The molecule has 96 valence electrons. The molecule has 0 spiro atoms. The van der Waals surface area contributed by atoms with Crippen LogP contribution in [-0.2, 0) is 20.1 Å². The largest absolute Gasteiger partial charge is 0.489 e. The number of nitrogen functional groups attached to an aromatic ring is 1. The summed E-state index contributed by atoms with van der Waals surface area (Å²) in [6, 6.07) is 8.13. The molecule has 4 nitrogen and oxygen atoms in total. The second-order valence-corrected chi connectivity index (χ2v) is 4.36. The molecule has 4 heteroatoms. The van der Waals surface area contributed by atoms with Crippen molar-refractivity contribution in [3.8, 4) is 5.75 Å². The number of hydrogen-bond donors (Lipinski definition) is 1. The van der Waals surface area contributed by atoms with Crippen LogP contribution in [0.3, 0.4) is 0 Å². The molecule has 2 N–H and O–H groups in total. The fraction of sp³-hybridized carbons (Fsp3) is 0.357. The van der Waals surface area contributed by atoms with Gasteiger partial charge in [0.15, 0.2) is 0 Å². The predicted octanol–water partition coefficient (Wildman–Crippen LogP) is 2.45. The number of rotatable bonds is 4.